The highest BCUT2D eigenvalue weighted by molar-refractivity contribution is 5.91. The number of carboxylic acids is 1. The highest BCUT2D eigenvalue weighted by Gasteiger charge is 2.43. The summed E-state index contributed by atoms with van der Waals surface area (Å²) in [7, 11) is 1.52. The summed E-state index contributed by atoms with van der Waals surface area (Å²) >= 11 is 0. The zero-order valence-corrected chi connectivity index (χ0v) is 12.9. The highest BCUT2D eigenvalue weighted by Crippen LogP contribution is 2.41. The van der Waals surface area contributed by atoms with Gasteiger partial charge in [0.2, 0.25) is 5.91 Å². The maximum absolute atomic E-state index is 12.8. The van der Waals surface area contributed by atoms with E-state index in [0.717, 1.165) is 31.2 Å². The van der Waals surface area contributed by atoms with E-state index in [1.807, 2.05) is 30.3 Å². The van der Waals surface area contributed by atoms with Crippen molar-refractivity contribution in [2.24, 2.45) is 0 Å². The Bertz CT molecular complexity index is 509. The predicted molar refractivity (Wildman–Crippen MR) is 82.6 cm³/mol. The molecule has 1 fully saturated rings. The molecule has 1 amide bonds. The minimum Gasteiger partial charge on any atom is -0.480 e. The van der Waals surface area contributed by atoms with Gasteiger partial charge in [-0.25, -0.2) is 4.79 Å². The van der Waals surface area contributed by atoms with Gasteiger partial charge < -0.3 is 15.2 Å². The van der Waals surface area contributed by atoms with E-state index in [4.69, 9.17) is 4.74 Å². The number of benzene rings is 1. The standard InChI is InChI=1S/C17H23NO4/c1-22-12-9-14(15(19)20)18-16(21)17(10-5-6-11-17)13-7-3-2-4-8-13/h2-4,7-8,14H,5-6,9-12H2,1H3,(H,18,21)(H,19,20). The molecular formula is C17H23NO4. The van der Waals surface area contributed by atoms with Gasteiger partial charge >= 0.3 is 5.97 Å². The number of hydrogen-bond donors (Lipinski definition) is 2. The molecule has 22 heavy (non-hydrogen) atoms. The molecule has 0 bridgehead atoms. The molecule has 5 nitrogen and oxygen atoms in total. The SMILES string of the molecule is COCCC(NC(=O)C1(c2ccccc2)CCCC1)C(=O)O. The summed E-state index contributed by atoms with van der Waals surface area (Å²) in [5.41, 5.74) is 0.378. The molecule has 2 N–H and O–H groups in total. The molecule has 5 heteroatoms. The first kappa shape index (κ1) is 16.5. The number of methoxy groups -OCH3 is 1. The second-order valence-corrected chi connectivity index (χ2v) is 5.80. The second kappa shape index (κ2) is 7.40. The number of rotatable bonds is 7. The quantitative estimate of drug-likeness (QED) is 0.809. The van der Waals surface area contributed by atoms with Crippen LogP contribution in [0.1, 0.15) is 37.7 Å². The van der Waals surface area contributed by atoms with Crippen LogP contribution in [0.3, 0.4) is 0 Å². The molecular weight excluding hydrogens is 282 g/mol. The lowest BCUT2D eigenvalue weighted by molar-refractivity contribution is -0.143. The van der Waals surface area contributed by atoms with Crippen LogP contribution in [-0.4, -0.2) is 36.7 Å². The molecule has 1 aliphatic carbocycles. The van der Waals surface area contributed by atoms with Gasteiger partial charge in [0.05, 0.1) is 5.41 Å². The number of ether oxygens (including phenoxy) is 1. The van der Waals surface area contributed by atoms with Crippen molar-refractivity contribution in [3.8, 4) is 0 Å². The van der Waals surface area contributed by atoms with Crippen molar-refractivity contribution < 1.29 is 19.4 Å². The van der Waals surface area contributed by atoms with Crippen LogP contribution >= 0.6 is 0 Å². The molecule has 0 heterocycles. The minimum atomic E-state index is -1.02. The number of aliphatic carboxylic acids is 1. The fraction of sp³-hybridized carbons (Fsp3) is 0.529. The number of carbonyl (C=O) groups excluding carboxylic acids is 1. The van der Waals surface area contributed by atoms with Crippen molar-refractivity contribution in [2.45, 2.75) is 43.6 Å². The molecule has 1 atom stereocenters. The van der Waals surface area contributed by atoms with Gasteiger partial charge in [0, 0.05) is 20.1 Å². The first-order valence-corrected chi connectivity index (χ1v) is 7.68. The zero-order chi connectivity index (χ0) is 16.0. The van der Waals surface area contributed by atoms with Crippen LogP contribution in [0.4, 0.5) is 0 Å². The summed E-state index contributed by atoms with van der Waals surface area (Å²) < 4.78 is 4.92. The van der Waals surface area contributed by atoms with E-state index in [2.05, 4.69) is 5.32 Å². The molecule has 0 spiro atoms. The van der Waals surface area contributed by atoms with Crippen LogP contribution in [0, 0.1) is 0 Å². The van der Waals surface area contributed by atoms with Crippen molar-refractivity contribution >= 4 is 11.9 Å². The molecule has 1 aromatic carbocycles. The molecule has 1 aromatic rings. The topological polar surface area (TPSA) is 75.6 Å². The Kier molecular flexibility index (Phi) is 5.55. The number of carboxylic acid groups (broad SMARTS) is 1. The van der Waals surface area contributed by atoms with Crippen molar-refractivity contribution in [2.75, 3.05) is 13.7 Å². The van der Waals surface area contributed by atoms with Gasteiger partial charge in [0.15, 0.2) is 0 Å². The van der Waals surface area contributed by atoms with E-state index in [9.17, 15) is 14.7 Å². The molecule has 2 rings (SSSR count). The first-order chi connectivity index (χ1) is 10.6. The summed E-state index contributed by atoms with van der Waals surface area (Å²) in [5.74, 6) is -1.20. The lowest BCUT2D eigenvalue weighted by atomic mass is 9.78. The highest BCUT2D eigenvalue weighted by atomic mass is 16.5. The van der Waals surface area contributed by atoms with Gasteiger partial charge in [-0.3, -0.25) is 4.79 Å². The lowest BCUT2D eigenvalue weighted by Crippen LogP contribution is -2.50. The Morgan fingerprint density at radius 3 is 2.45 bits per heavy atom. The van der Waals surface area contributed by atoms with Crippen LogP contribution in [0.25, 0.3) is 0 Å². The van der Waals surface area contributed by atoms with Crippen molar-refractivity contribution in [3.05, 3.63) is 35.9 Å². The smallest absolute Gasteiger partial charge is 0.326 e. The number of hydrogen-bond acceptors (Lipinski definition) is 3. The van der Waals surface area contributed by atoms with Gasteiger partial charge in [-0.05, 0) is 18.4 Å². The van der Waals surface area contributed by atoms with E-state index in [0.29, 0.717) is 6.61 Å². The normalized spacial score (nSPS) is 17.9. The molecule has 0 aliphatic heterocycles. The molecule has 0 aromatic heterocycles. The van der Waals surface area contributed by atoms with E-state index >= 15 is 0 Å². The average Bonchev–Trinajstić information content (AvgIpc) is 3.02. The third-order valence-corrected chi connectivity index (χ3v) is 4.43. The molecule has 0 saturated heterocycles. The van der Waals surface area contributed by atoms with Crippen LogP contribution in [-0.2, 0) is 19.7 Å². The average molecular weight is 305 g/mol. The van der Waals surface area contributed by atoms with E-state index < -0.39 is 17.4 Å². The zero-order valence-electron chi connectivity index (χ0n) is 12.9. The third kappa shape index (κ3) is 3.47. The van der Waals surface area contributed by atoms with E-state index in [-0.39, 0.29) is 12.3 Å². The van der Waals surface area contributed by atoms with E-state index in [1.165, 1.54) is 7.11 Å². The maximum Gasteiger partial charge on any atom is 0.326 e. The van der Waals surface area contributed by atoms with Gasteiger partial charge in [-0.2, -0.15) is 0 Å². The Hall–Kier alpha value is -1.88. The van der Waals surface area contributed by atoms with Gasteiger partial charge in [-0.1, -0.05) is 43.2 Å². The van der Waals surface area contributed by atoms with Crippen molar-refractivity contribution in [1.82, 2.24) is 5.32 Å². The predicted octanol–water partition coefficient (Wildman–Crippen LogP) is 2.10. The van der Waals surface area contributed by atoms with Gasteiger partial charge in [-0.15, -0.1) is 0 Å². The third-order valence-electron chi connectivity index (χ3n) is 4.43. The summed E-state index contributed by atoms with van der Waals surface area (Å²) in [6.45, 7) is 0.301. The molecule has 120 valence electrons. The van der Waals surface area contributed by atoms with Crippen LogP contribution in [0.5, 0.6) is 0 Å². The van der Waals surface area contributed by atoms with Gasteiger partial charge in [0.25, 0.3) is 0 Å². The summed E-state index contributed by atoms with van der Waals surface area (Å²) in [6.07, 6.45) is 3.76. The first-order valence-electron chi connectivity index (χ1n) is 7.68. The fourth-order valence-electron chi connectivity index (χ4n) is 3.17. The fourth-order valence-corrected chi connectivity index (χ4v) is 3.17. The monoisotopic (exact) mass is 305 g/mol. The Morgan fingerprint density at radius 1 is 1.27 bits per heavy atom. The summed E-state index contributed by atoms with van der Waals surface area (Å²) in [5, 5.41) is 12.0. The second-order valence-electron chi connectivity index (χ2n) is 5.80. The van der Waals surface area contributed by atoms with Crippen molar-refractivity contribution in [1.29, 1.82) is 0 Å². The largest absolute Gasteiger partial charge is 0.480 e. The van der Waals surface area contributed by atoms with Crippen molar-refractivity contribution in [3.63, 3.8) is 0 Å². The van der Waals surface area contributed by atoms with E-state index in [1.54, 1.807) is 0 Å². The van der Waals surface area contributed by atoms with Crippen LogP contribution in [0.15, 0.2) is 30.3 Å². The lowest BCUT2D eigenvalue weighted by Gasteiger charge is -2.30. The molecule has 0 radical (unpaired) electrons. The maximum atomic E-state index is 12.8. The Morgan fingerprint density at radius 2 is 1.91 bits per heavy atom. The summed E-state index contributed by atoms with van der Waals surface area (Å²) in [6, 6.07) is 8.76. The molecule has 1 saturated carbocycles. The minimum absolute atomic E-state index is 0.181. The molecule has 1 aliphatic rings. The number of nitrogens with one attached hydrogen (secondary N) is 1. The Labute approximate surface area is 130 Å². The van der Waals surface area contributed by atoms with Crippen LogP contribution < -0.4 is 5.32 Å². The number of carbonyl (C=O) groups is 2. The van der Waals surface area contributed by atoms with Crippen LogP contribution in [0.2, 0.25) is 0 Å². The van der Waals surface area contributed by atoms with Gasteiger partial charge in [0.1, 0.15) is 6.04 Å². The Balaban J connectivity index is 2.18. The molecule has 1 unspecified atom stereocenters. The number of amides is 1. The summed E-state index contributed by atoms with van der Waals surface area (Å²) in [4.78, 5) is 24.2.